The van der Waals surface area contributed by atoms with Gasteiger partial charge in [0.15, 0.2) is 0 Å². The van der Waals surface area contributed by atoms with Gasteiger partial charge in [0.2, 0.25) is 11.7 Å². The van der Waals surface area contributed by atoms with Crippen LogP contribution >= 0.6 is 0 Å². The molecular formula is C17H16N4O2. The van der Waals surface area contributed by atoms with Crippen LogP contribution in [-0.2, 0) is 0 Å². The first-order chi connectivity index (χ1) is 11.1. The van der Waals surface area contributed by atoms with Gasteiger partial charge in [0.1, 0.15) is 17.1 Å². The molecule has 0 radical (unpaired) electrons. The second-order valence-electron chi connectivity index (χ2n) is 4.96. The summed E-state index contributed by atoms with van der Waals surface area (Å²) in [6.45, 7) is 0. The monoisotopic (exact) mass is 308 g/mol. The summed E-state index contributed by atoms with van der Waals surface area (Å²) in [7, 11) is 1.59. The van der Waals surface area contributed by atoms with E-state index in [4.69, 9.17) is 16.3 Å². The highest BCUT2D eigenvalue weighted by Crippen LogP contribution is 2.28. The zero-order chi connectivity index (χ0) is 16.4. The molecule has 0 saturated carbocycles. The van der Waals surface area contributed by atoms with Gasteiger partial charge in [0, 0.05) is 11.1 Å². The van der Waals surface area contributed by atoms with Crippen molar-refractivity contribution in [3.05, 3.63) is 65.9 Å². The van der Waals surface area contributed by atoms with Gasteiger partial charge >= 0.3 is 0 Å². The zero-order valence-corrected chi connectivity index (χ0v) is 12.6. The molecule has 116 valence electrons. The van der Waals surface area contributed by atoms with E-state index in [2.05, 4.69) is 4.98 Å². The van der Waals surface area contributed by atoms with E-state index in [9.17, 15) is 4.79 Å². The Kier molecular flexibility index (Phi) is 3.72. The molecule has 0 amide bonds. The number of methoxy groups -OCH3 is 1. The Morgan fingerprint density at radius 1 is 1.09 bits per heavy atom. The minimum absolute atomic E-state index is 0.0788. The summed E-state index contributed by atoms with van der Waals surface area (Å²) >= 11 is 0. The lowest BCUT2D eigenvalue weighted by molar-refractivity contribution is 0.103. The molecular weight excluding hydrogens is 292 g/mol. The van der Waals surface area contributed by atoms with Gasteiger partial charge < -0.3 is 16.3 Å². The molecule has 0 atom stereocenters. The van der Waals surface area contributed by atoms with Gasteiger partial charge in [-0.05, 0) is 24.3 Å². The quantitative estimate of drug-likeness (QED) is 0.568. The third kappa shape index (κ3) is 2.62. The van der Waals surface area contributed by atoms with Crippen molar-refractivity contribution < 1.29 is 9.53 Å². The molecule has 0 saturated heterocycles. The molecule has 0 spiro atoms. The van der Waals surface area contributed by atoms with E-state index in [-0.39, 0.29) is 17.4 Å². The Labute approximate surface area is 133 Å². The molecule has 4 N–H and O–H groups in total. The third-order valence-electron chi connectivity index (χ3n) is 3.55. The maximum Gasteiger partial charge on any atom is 0.220 e. The Hall–Kier alpha value is -3.28. The Balaban J connectivity index is 2.11. The number of aromatic nitrogens is 2. The molecule has 1 heterocycles. The number of benzene rings is 2. The molecule has 3 aromatic rings. The minimum atomic E-state index is -0.229. The van der Waals surface area contributed by atoms with Crippen LogP contribution in [0.4, 0.5) is 5.95 Å². The van der Waals surface area contributed by atoms with Gasteiger partial charge in [-0.15, -0.1) is 0 Å². The maximum atomic E-state index is 12.7. The van der Waals surface area contributed by atoms with Crippen LogP contribution in [0.2, 0.25) is 0 Å². The highest BCUT2D eigenvalue weighted by molar-refractivity contribution is 6.11. The molecule has 0 aliphatic rings. The Morgan fingerprint density at radius 3 is 2.35 bits per heavy atom. The maximum absolute atomic E-state index is 12.7. The third-order valence-corrected chi connectivity index (χ3v) is 3.55. The number of rotatable bonds is 4. The normalized spacial score (nSPS) is 10.5. The predicted molar refractivity (Wildman–Crippen MR) is 88.7 cm³/mol. The fourth-order valence-corrected chi connectivity index (χ4v) is 2.36. The number of carbonyl (C=O) groups excluding carboxylic acids is 1. The van der Waals surface area contributed by atoms with Crippen LogP contribution in [0.3, 0.4) is 0 Å². The first-order valence-corrected chi connectivity index (χ1v) is 6.99. The summed E-state index contributed by atoms with van der Waals surface area (Å²) in [5.74, 6) is 6.53. The van der Waals surface area contributed by atoms with Gasteiger partial charge in [-0.3, -0.25) is 4.79 Å². The number of carbonyl (C=O) groups is 1. The van der Waals surface area contributed by atoms with E-state index >= 15 is 0 Å². The lowest BCUT2D eigenvalue weighted by Gasteiger charge is -2.07. The summed E-state index contributed by atoms with van der Waals surface area (Å²) in [4.78, 5) is 16.9. The van der Waals surface area contributed by atoms with E-state index in [1.165, 1.54) is 4.68 Å². The predicted octanol–water partition coefficient (Wildman–Crippen LogP) is 2.09. The topological polar surface area (TPSA) is 96.2 Å². The number of nitrogen functional groups attached to an aromatic ring is 2. The summed E-state index contributed by atoms with van der Waals surface area (Å²) in [6, 6.07) is 16.1. The van der Waals surface area contributed by atoms with Crippen LogP contribution in [0.1, 0.15) is 16.1 Å². The highest BCUT2D eigenvalue weighted by Gasteiger charge is 2.22. The molecule has 1 aromatic heterocycles. The molecule has 0 aliphatic heterocycles. The number of hydrogen-bond donors (Lipinski definition) is 2. The van der Waals surface area contributed by atoms with Crippen LogP contribution in [0, 0.1) is 0 Å². The van der Waals surface area contributed by atoms with Gasteiger partial charge in [0.25, 0.3) is 0 Å². The molecule has 23 heavy (non-hydrogen) atoms. The van der Waals surface area contributed by atoms with Crippen LogP contribution in [0.15, 0.2) is 54.6 Å². The molecule has 2 aromatic carbocycles. The fraction of sp³-hybridized carbons (Fsp3) is 0.0588. The van der Waals surface area contributed by atoms with Crippen molar-refractivity contribution in [2.24, 2.45) is 0 Å². The summed E-state index contributed by atoms with van der Waals surface area (Å²) in [5, 5.41) is 0. The number of hydrogen-bond acceptors (Lipinski definition) is 5. The minimum Gasteiger partial charge on any atom is -0.497 e. The number of anilines is 1. The van der Waals surface area contributed by atoms with Crippen molar-refractivity contribution >= 4 is 11.7 Å². The Morgan fingerprint density at radius 2 is 1.74 bits per heavy atom. The molecule has 6 nitrogen and oxygen atoms in total. The van der Waals surface area contributed by atoms with Crippen LogP contribution in [0.5, 0.6) is 5.75 Å². The fourth-order valence-electron chi connectivity index (χ4n) is 2.36. The number of ketones is 1. The van der Waals surface area contributed by atoms with Gasteiger partial charge in [-0.2, -0.15) is 0 Å². The highest BCUT2D eigenvalue weighted by atomic mass is 16.5. The summed E-state index contributed by atoms with van der Waals surface area (Å²) < 4.78 is 6.36. The van der Waals surface area contributed by atoms with Gasteiger partial charge in [0.05, 0.1) is 7.11 Å². The Bertz CT molecular complexity index is 839. The zero-order valence-electron chi connectivity index (χ0n) is 12.6. The second-order valence-corrected chi connectivity index (χ2v) is 4.96. The average Bonchev–Trinajstić information content (AvgIpc) is 2.90. The molecule has 0 aliphatic carbocycles. The van der Waals surface area contributed by atoms with E-state index in [0.29, 0.717) is 17.0 Å². The molecule has 6 heteroatoms. The van der Waals surface area contributed by atoms with Crippen LogP contribution in [0.25, 0.3) is 11.3 Å². The number of nitrogens with zero attached hydrogens (tertiary/aromatic N) is 2. The molecule has 0 bridgehead atoms. The van der Waals surface area contributed by atoms with Gasteiger partial charge in [-0.25, -0.2) is 9.66 Å². The SMILES string of the molecule is COc1ccc(-c2c(C(=O)c3ccccc3)nc(N)n2N)cc1. The lowest BCUT2D eigenvalue weighted by Crippen LogP contribution is -2.14. The first-order valence-electron chi connectivity index (χ1n) is 6.99. The van der Waals surface area contributed by atoms with Crippen LogP contribution < -0.4 is 16.3 Å². The van der Waals surface area contributed by atoms with E-state index < -0.39 is 0 Å². The van der Waals surface area contributed by atoms with Crippen molar-refractivity contribution in [1.82, 2.24) is 9.66 Å². The van der Waals surface area contributed by atoms with Crippen molar-refractivity contribution in [2.45, 2.75) is 0 Å². The van der Waals surface area contributed by atoms with Crippen molar-refractivity contribution in [1.29, 1.82) is 0 Å². The van der Waals surface area contributed by atoms with Crippen LogP contribution in [-0.4, -0.2) is 22.6 Å². The average molecular weight is 308 g/mol. The molecule has 0 fully saturated rings. The van der Waals surface area contributed by atoms with E-state index in [1.54, 1.807) is 55.6 Å². The standard InChI is InChI=1S/C17H16N4O2/c1-23-13-9-7-11(8-10-13)15-14(20-17(18)21(15)19)16(22)12-5-3-2-4-6-12/h2-10H,19H2,1H3,(H2,18,20). The van der Waals surface area contributed by atoms with E-state index in [1.807, 2.05) is 6.07 Å². The second kappa shape index (κ2) is 5.84. The largest absolute Gasteiger partial charge is 0.497 e. The summed E-state index contributed by atoms with van der Waals surface area (Å²) in [5.41, 5.74) is 7.76. The van der Waals surface area contributed by atoms with Crippen molar-refractivity contribution in [3.8, 4) is 17.0 Å². The number of ether oxygens (including phenoxy) is 1. The van der Waals surface area contributed by atoms with Crippen molar-refractivity contribution in [3.63, 3.8) is 0 Å². The smallest absolute Gasteiger partial charge is 0.220 e. The van der Waals surface area contributed by atoms with E-state index in [0.717, 1.165) is 5.56 Å². The first kappa shape index (κ1) is 14.6. The molecule has 3 rings (SSSR count). The van der Waals surface area contributed by atoms with Gasteiger partial charge in [-0.1, -0.05) is 30.3 Å². The molecule has 0 unspecified atom stereocenters. The summed E-state index contributed by atoms with van der Waals surface area (Å²) in [6.07, 6.45) is 0. The van der Waals surface area contributed by atoms with Crippen molar-refractivity contribution in [2.75, 3.05) is 18.7 Å². The number of imidazole rings is 1. The lowest BCUT2D eigenvalue weighted by atomic mass is 10.0. The number of nitrogens with two attached hydrogens (primary N) is 2.